The minimum absolute atomic E-state index is 0.200. The molecular weight excluding hydrogens is 300 g/mol. The van der Waals surface area contributed by atoms with Gasteiger partial charge in [-0.25, -0.2) is 0 Å². The molecule has 2 aromatic rings. The molecule has 2 N–H and O–H groups in total. The molecule has 0 aromatic heterocycles. The zero-order chi connectivity index (χ0) is 13.8. The lowest BCUT2D eigenvalue weighted by Gasteiger charge is -2.20. The summed E-state index contributed by atoms with van der Waals surface area (Å²) in [4.78, 5) is 0. The zero-order valence-corrected chi connectivity index (χ0v) is 13.1. The molecule has 0 radical (unpaired) electrons. The summed E-state index contributed by atoms with van der Waals surface area (Å²) in [5.74, 6) is 0. The molecule has 1 atom stereocenters. The fraction of sp³-hybridized carbons (Fsp3) is 0.250. The number of benzene rings is 2. The van der Waals surface area contributed by atoms with Crippen LogP contribution in [0.25, 0.3) is 0 Å². The van der Waals surface area contributed by atoms with Gasteiger partial charge in [-0.2, -0.15) is 0 Å². The Morgan fingerprint density at radius 1 is 1.05 bits per heavy atom. The highest BCUT2D eigenvalue weighted by Gasteiger charge is 2.14. The molecule has 2 aromatic carbocycles. The maximum atomic E-state index is 3.55. The van der Waals surface area contributed by atoms with E-state index in [9.17, 15) is 0 Å². The molecule has 19 heavy (non-hydrogen) atoms. The van der Waals surface area contributed by atoms with Crippen LogP contribution in [0.15, 0.2) is 46.9 Å². The molecule has 2 nitrogen and oxygen atoms in total. The molecule has 0 aliphatic heterocycles. The monoisotopic (exact) mass is 318 g/mol. The summed E-state index contributed by atoms with van der Waals surface area (Å²) in [6.07, 6.45) is 0. The van der Waals surface area contributed by atoms with Crippen LogP contribution in [-0.4, -0.2) is 14.1 Å². The van der Waals surface area contributed by atoms with Crippen LogP contribution in [0.1, 0.15) is 22.7 Å². The van der Waals surface area contributed by atoms with Gasteiger partial charge in [0.2, 0.25) is 0 Å². The second-order valence-corrected chi connectivity index (χ2v) is 5.51. The molecule has 0 heterocycles. The van der Waals surface area contributed by atoms with Gasteiger partial charge in [-0.1, -0.05) is 34.1 Å². The number of halogens is 1. The van der Waals surface area contributed by atoms with E-state index in [0.29, 0.717) is 0 Å². The summed E-state index contributed by atoms with van der Waals surface area (Å²) in [6.45, 7) is 2.15. The molecule has 0 amide bonds. The summed E-state index contributed by atoms with van der Waals surface area (Å²) in [5, 5.41) is 6.59. The van der Waals surface area contributed by atoms with E-state index >= 15 is 0 Å². The van der Waals surface area contributed by atoms with Gasteiger partial charge in [0.15, 0.2) is 0 Å². The van der Waals surface area contributed by atoms with E-state index in [0.717, 1.165) is 10.2 Å². The highest BCUT2D eigenvalue weighted by Crippen LogP contribution is 2.28. The van der Waals surface area contributed by atoms with Gasteiger partial charge in [0.25, 0.3) is 0 Å². The molecule has 100 valence electrons. The number of hydrogen-bond donors (Lipinski definition) is 2. The van der Waals surface area contributed by atoms with Crippen LogP contribution in [0, 0.1) is 6.92 Å². The molecule has 0 bridgehead atoms. The second kappa shape index (κ2) is 6.22. The van der Waals surface area contributed by atoms with Crippen LogP contribution in [-0.2, 0) is 0 Å². The topological polar surface area (TPSA) is 24.1 Å². The maximum Gasteiger partial charge on any atom is 0.0578 e. The van der Waals surface area contributed by atoms with Gasteiger partial charge < -0.3 is 10.6 Å². The fourth-order valence-corrected chi connectivity index (χ4v) is 2.68. The van der Waals surface area contributed by atoms with Crippen molar-refractivity contribution >= 4 is 21.6 Å². The van der Waals surface area contributed by atoms with Gasteiger partial charge in [-0.3, -0.25) is 0 Å². The number of nitrogens with one attached hydrogen (secondary N) is 2. The van der Waals surface area contributed by atoms with E-state index < -0.39 is 0 Å². The first-order valence-corrected chi connectivity index (χ1v) is 7.16. The first-order chi connectivity index (χ1) is 9.15. The van der Waals surface area contributed by atoms with Gasteiger partial charge in [0.1, 0.15) is 0 Å². The van der Waals surface area contributed by atoms with Gasteiger partial charge >= 0.3 is 0 Å². The Morgan fingerprint density at radius 3 is 2.53 bits per heavy atom. The SMILES string of the molecule is CNc1cccc(C(NC)c2cc(Br)ccc2C)c1. The number of hydrogen-bond acceptors (Lipinski definition) is 2. The lowest BCUT2D eigenvalue weighted by atomic mass is 9.95. The highest BCUT2D eigenvalue weighted by atomic mass is 79.9. The lowest BCUT2D eigenvalue weighted by molar-refractivity contribution is 0.687. The average molecular weight is 319 g/mol. The van der Waals surface area contributed by atoms with Crippen LogP contribution in [0.2, 0.25) is 0 Å². The van der Waals surface area contributed by atoms with Crippen molar-refractivity contribution in [3.63, 3.8) is 0 Å². The normalized spacial score (nSPS) is 12.2. The number of rotatable bonds is 4. The Morgan fingerprint density at radius 2 is 1.84 bits per heavy atom. The highest BCUT2D eigenvalue weighted by molar-refractivity contribution is 9.10. The second-order valence-electron chi connectivity index (χ2n) is 4.60. The van der Waals surface area contributed by atoms with Crippen molar-refractivity contribution in [3.8, 4) is 0 Å². The third-order valence-corrected chi connectivity index (χ3v) is 3.84. The van der Waals surface area contributed by atoms with E-state index in [-0.39, 0.29) is 6.04 Å². The first-order valence-electron chi connectivity index (χ1n) is 6.36. The lowest BCUT2D eigenvalue weighted by Crippen LogP contribution is -2.18. The van der Waals surface area contributed by atoms with Crippen molar-refractivity contribution in [2.45, 2.75) is 13.0 Å². The Labute approximate surface area is 123 Å². The third-order valence-electron chi connectivity index (χ3n) is 3.35. The minimum atomic E-state index is 0.200. The molecule has 0 aliphatic carbocycles. The molecular formula is C16H19BrN2. The van der Waals surface area contributed by atoms with Crippen molar-refractivity contribution < 1.29 is 0 Å². The van der Waals surface area contributed by atoms with Crippen LogP contribution in [0.5, 0.6) is 0 Å². The Balaban J connectivity index is 2.46. The number of aryl methyl sites for hydroxylation is 1. The van der Waals surface area contributed by atoms with Gasteiger partial charge in [0.05, 0.1) is 6.04 Å². The van der Waals surface area contributed by atoms with E-state index in [1.807, 2.05) is 14.1 Å². The first kappa shape index (κ1) is 14.1. The molecule has 0 fully saturated rings. The molecule has 0 saturated carbocycles. The summed E-state index contributed by atoms with van der Waals surface area (Å²) < 4.78 is 1.11. The zero-order valence-electron chi connectivity index (χ0n) is 11.5. The van der Waals surface area contributed by atoms with Crippen molar-refractivity contribution in [2.75, 3.05) is 19.4 Å². The van der Waals surface area contributed by atoms with E-state index in [1.165, 1.54) is 16.7 Å². The van der Waals surface area contributed by atoms with Crippen LogP contribution >= 0.6 is 15.9 Å². The van der Waals surface area contributed by atoms with Gasteiger partial charge in [-0.05, 0) is 54.9 Å². The third kappa shape index (κ3) is 3.17. The summed E-state index contributed by atoms with van der Waals surface area (Å²) in [6, 6.07) is 15.1. The molecule has 1 unspecified atom stereocenters. The minimum Gasteiger partial charge on any atom is -0.388 e. The Hall–Kier alpha value is -1.32. The summed E-state index contributed by atoms with van der Waals surface area (Å²) in [7, 11) is 3.94. The molecule has 0 spiro atoms. The van der Waals surface area contributed by atoms with E-state index in [4.69, 9.17) is 0 Å². The van der Waals surface area contributed by atoms with Crippen molar-refractivity contribution in [1.82, 2.24) is 5.32 Å². The molecule has 0 aliphatic rings. The fourth-order valence-electron chi connectivity index (χ4n) is 2.30. The predicted octanol–water partition coefficient (Wildman–Crippen LogP) is 4.11. The van der Waals surface area contributed by atoms with Gasteiger partial charge in [-0.15, -0.1) is 0 Å². The largest absolute Gasteiger partial charge is 0.388 e. The van der Waals surface area contributed by atoms with Crippen LogP contribution in [0.4, 0.5) is 5.69 Å². The smallest absolute Gasteiger partial charge is 0.0578 e. The maximum absolute atomic E-state index is 3.55. The van der Waals surface area contributed by atoms with E-state index in [2.05, 4.69) is 76.0 Å². The molecule has 3 heteroatoms. The van der Waals surface area contributed by atoms with Gasteiger partial charge in [0, 0.05) is 17.2 Å². The van der Waals surface area contributed by atoms with E-state index in [1.54, 1.807) is 0 Å². The number of anilines is 1. The summed E-state index contributed by atoms with van der Waals surface area (Å²) >= 11 is 3.55. The predicted molar refractivity (Wildman–Crippen MR) is 85.8 cm³/mol. The van der Waals surface area contributed by atoms with Crippen LogP contribution in [0.3, 0.4) is 0 Å². The quantitative estimate of drug-likeness (QED) is 0.886. The van der Waals surface area contributed by atoms with Crippen molar-refractivity contribution in [2.24, 2.45) is 0 Å². The standard InChI is InChI=1S/C16H19BrN2/c1-11-7-8-13(17)10-15(11)16(19-3)12-5-4-6-14(9-12)18-2/h4-10,16,18-19H,1-3H3. The van der Waals surface area contributed by atoms with Crippen LogP contribution < -0.4 is 10.6 Å². The summed E-state index contributed by atoms with van der Waals surface area (Å²) in [5.41, 5.74) is 4.98. The average Bonchev–Trinajstić information content (AvgIpc) is 2.44. The van der Waals surface area contributed by atoms with Crippen molar-refractivity contribution in [3.05, 3.63) is 63.6 Å². The molecule has 2 rings (SSSR count). The van der Waals surface area contributed by atoms with Crippen molar-refractivity contribution in [1.29, 1.82) is 0 Å². The Bertz CT molecular complexity index is 566. The Kier molecular flexibility index (Phi) is 4.61. The molecule has 0 saturated heterocycles.